The molecular formula is C12H12OS. The van der Waals surface area contributed by atoms with E-state index in [0.29, 0.717) is 5.25 Å². The van der Waals surface area contributed by atoms with Crippen LogP contribution in [0, 0.1) is 0 Å². The van der Waals surface area contributed by atoms with Crippen LogP contribution in [0.4, 0.5) is 0 Å². The van der Waals surface area contributed by atoms with Crippen molar-refractivity contribution >= 4 is 11.8 Å². The molecule has 1 aromatic carbocycles. The van der Waals surface area contributed by atoms with Crippen molar-refractivity contribution in [2.75, 3.05) is 7.11 Å². The molecule has 0 bridgehead atoms. The molecule has 14 heavy (non-hydrogen) atoms. The molecule has 1 unspecified atom stereocenters. The van der Waals surface area contributed by atoms with Gasteiger partial charge < -0.3 is 4.74 Å². The second-order valence-corrected chi connectivity index (χ2v) is 4.10. The topological polar surface area (TPSA) is 9.23 Å². The summed E-state index contributed by atoms with van der Waals surface area (Å²) in [6.45, 7) is 0. The van der Waals surface area contributed by atoms with Gasteiger partial charge in [-0.3, -0.25) is 0 Å². The number of hydrogen-bond donors (Lipinski definition) is 0. The number of ether oxygens (including phenoxy) is 1. The Morgan fingerprint density at radius 3 is 2.50 bits per heavy atom. The van der Waals surface area contributed by atoms with E-state index in [2.05, 4.69) is 35.8 Å². The first-order chi connectivity index (χ1) is 6.90. The number of rotatable bonds is 2. The Morgan fingerprint density at radius 2 is 1.93 bits per heavy atom. The molecule has 0 saturated carbocycles. The molecule has 0 spiro atoms. The quantitative estimate of drug-likeness (QED) is 0.728. The van der Waals surface area contributed by atoms with Gasteiger partial charge in [-0.2, -0.15) is 0 Å². The summed E-state index contributed by atoms with van der Waals surface area (Å²) in [5, 5.41) is 2.57. The number of hydrogen-bond acceptors (Lipinski definition) is 2. The van der Waals surface area contributed by atoms with Gasteiger partial charge in [-0.15, -0.1) is 11.8 Å². The van der Waals surface area contributed by atoms with Crippen molar-refractivity contribution in [3.8, 4) is 5.75 Å². The first-order valence-corrected chi connectivity index (χ1v) is 5.47. The van der Waals surface area contributed by atoms with Gasteiger partial charge in [0.05, 0.1) is 12.4 Å². The molecule has 1 aliphatic rings. The van der Waals surface area contributed by atoms with Crippen molar-refractivity contribution in [2.45, 2.75) is 5.25 Å². The van der Waals surface area contributed by atoms with E-state index in [4.69, 9.17) is 4.74 Å². The summed E-state index contributed by atoms with van der Waals surface area (Å²) in [5.74, 6) is 0.911. The zero-order chi connectivity index (χ0) is 9.80. The highest BCUT2D eigenvalue weighted by atomic mass is 32.2. The zero-order valence-electron chi connectivity index (χ0n) is 8.01. The third kappa shape index (κ3) is 2.02. The summed E-state index contributed by atoms with van der Waals surface area (Å²) in [6, 6.07) is 8.23. The number of benzene rings is 1. The molecule has 2 rings (SSSR count). The zero-order valence-corrected chi connectivity index (χ0v) is 8.83. The smallest absolute Gasteiger partial charge is 0.118 e. The molecule has 0 aromatic heterocycles. The monoisotopic (exact) mass is 204 g/mol. The SMILES string of the molecule is COc1ccc(C2C=CC=CS2)cc1. The van der Waals surface area contributed by atoms with Crippen molar-refractivity contribution in [1.29, 1.82) is 0 Å². The highest BCUT2D eigenvalue weighted by Crippen LogP contribution is 2.34. The molecule has 1 aliphatic heterocycles. The van der Waals surface area contributed by atoms with Gasteiger partial charge in [0.15, 0.2) is 0 Å². The van der Waals surface area contributed by atoms with Crippen LogP contribution in [0.5, 0.6) is 5.75 Å². The summed E-state index contributed by atoms with van der Waals surface area (Å²) < 4.78 is 5.12. The summed E-state index contributed by atoms with van der Waals surface area (Å²) in [5.41, 5.74) is 1.32. The van der Waals surface area contributed by atoms with Gasteiger partial charge in [-0.1, -0.05) is 30.4 Å². The minimum Gasteiger partial charge on any atom is -0.497 e. The Kier molecular flexibility index (Phi) is 2.94. The van der Waals surface area contributed by atoms with Crippen molar-refractivity contribution in [1.82, 2.24) is 0 Å². The fourth-order valence-electron chi connectivity index (χ4n) is 1.37. The first-order valence-electron chi connectivity index (χ1n) is 4.53. The van der Waals surface area contributed by atoms with E-state index in [9.17, 15) is 0 Å². The largest absolute Gasteiger partial charge is 0.497 e. The van der Waals surface area contributed by atoms with E-state index in [1.54, 1.807) is 7.11 Å². The molecule has 2 heteroatoms. The summed E-state index contributed by atoms with van der Waals surface area (Å²) in [7, 11) is 1.69. The fraction of sp³-hybridized carbons (Fsp3) is 0.167. The Balaban J connectivity index is 2.16. The molecule has 1 atom stereocenters. The van der Waals surface area contributed by atoms with Gasteiger partial charge in [0, 0.05) is 0 Å². The Hall–Kier alpha value is -1.15. The summed E-state index contributed by atoms with van der Waals surface area (Å²) >= 11 is 1.82. The Labute approximate surface area is 88.5 Å². The van der Waals surface area contributed by atoms with Crippen molar-refractivity contribution in [2.24, 2.45) is 0 Å². The van der Waals surface area contributed by atoms with E-state index in [1.807, 2.05) is 23.9 Å². The van der Waals surface area contributed by atoms with Crippen LogP contribution in [0.3, 0.4) is 0 Å². The molecule has 0 amide bonds. The minimum absolute atomic E-state index is 0.450. The standard InChI is InChI=1S/C12H12OS/c1-13-11-7-5-10(6-8-11)12-4-2-3-9-14-12/h2-9,12H,1H3. The van der Waals surface area contributed by atoms with Crippen LogP contribution in [0.25, 0.3) is 0 Å². The summed E-state index contributed by atoms with van der Waals surface area (Å²) in [4.78, 5) is 0. The lowest BCUT2D eigenvalue weighted by Crippen LogP contribution is -1.91. The predicted octanol–water partition coefficient (Wildman–Crippen LogP) is 3.55. The first kappa shape index (κ1) is 9.41. The van der Waals surface area contributed by atoms with Gasteiger partial charge in [-0.25, -0.2) is 0 Å². The van der Waals surface area contributed by atoms with Gasteiger partial charge >= 0.3 is 0 Å². The average molecular weight is 204 g/mol. The maximum absolute atomic E-state index is 5.12. The molecule has 0 aliphatic carbocycles. The lowest BCUT2D eigenvalue weighted by atomic mass is 10.1. The fourth-order valence-corrected chi connectivity index (χ4v) is 2.22. The van der Waals surface area contributed by atoms with Crippen molar-refractivity contribution < 1.29 is 4.74 Å². The molecule has 72 valence electrons. The molecule has 0 saturated heterocycles. The number of allylic oxidation sites excluding steroid dienone is 2. The van der Waals surface area contributed by atoms with E-state index < -0.39 is 0 Å². The Morgan fingerprint density at radius 1 is 1.14 bits per heavy atom. The third-order valence-corrected chi connectivity index (χ3v) is 3.18. The number of methoxy groups -OCH3 is 1. The van der Waals surface area contributed by atoms with E-state index >= 15 is 0 Å². The molecule has 1 heterocycles. The number of thioether (sulfide) groups is 1. The van der Waals surface area contributed by atoms with E-state index in [1.165, 1.54) is 5.56 Å². The molecule has 1 nitrogen and oxygen atoms in total. The highest BCUT2D eigenvalue weighted by Gasteiger charge is 2.08. The highest BCUT2D eigenvalue weighted by molar-refractivity contribution is 8.02. The molecule has 0 fully saturated rings. The minimum atomic E-state index is 0.450. The van der Waals surface area contributed by atoms with Gasteiger partial charge in [-0.05, 0) is 23.1 Å². The van der Waals surface area contributed by atoms with Gasteiger partial charge in [0.2, 0.25) is 0 Å². The van der Waals surface area contributed by atoms with Crippen LogP contribution in [0.15, 0.2) is 47.9 Å². The van der Waals surface area contributed by atoms with Crippen molar-refractivity contribution in [3.05, 3.63) is 53.5 Å². The molecule has 0 radical (unpaired) electrons. The second-order valence-electron chi connectivity index (χ2n) is 3.04. The molecule has 1 aromatic rings. The average Bonchev–Trinajstić information content (AvgIpc) is 2.30. The lowest BCUT2D eigenvalue weighted by Gasteiger charge is -2.12. The van der Waals surface area contributed by atoms with Crippen LogP contribution in [0.2, 0.25) is 0 Å². The van der Waals surface area contributed by atoms with Crippen LogP contribution in [-0.4, -0.2) is 7.11 Å². The van der Waals surface area contributed by atoms with Crippen LogP contribution in [-0.2, 0) is 0 Å². The molecular weight excluding hydrogens is 192 g/mol. The van der Waals surface area contributed by atoms with Gasteiger partial charge in [0.25, 0.3) is 0 Å². The summed E-state index contributed by atoms with van der Waals surface area (Å²) in [6.07, 6.45) is 6.35. The van der Waals surface area contributed by atoms with Crippen LogP contribution < -0.4 is 4.74 Å². The van der Waals surface area contributed by atoms with Crippen molar-refractivity contribution in [3.63, 3.8) is 0 Å². The molecule has 0 N–H and O–H groups in total. The van der Waals surface area contributed by atoms with E-state index in [0.717, 1.165) is 5.75 Å². The van der Waals surface area contributed by atoms with Crippen LogP contribution in [0.1, 0.15) is 10.8 Å². The Bertz CT molecular complexity index is 351. The normalized spacial score (nSPS) is 19.6. The maximum Gasteiger partial charge on any atom is 0.118 e. The predicted molar refractivity (Wildman–Crippen MR) is 61.6 cm³/mol. The third-order valence-electron chi connectivity index (χ3n) is 2.15. The maximum atomic E-state index is 5.12. The lowest BCUT2D eigenvalue weighted by molar-refractivity contribution is 0.414. The second kappa shape index (κ2) is 4.38. The van der Waals surface area contributed by atoms with Crippen LogP contribution >= 0.6 is 11.8 Å². The van der Waals surface area contributed by atoms with E-state index in [-0.39, 0.29) is 0 Å². The van der Waals surface area contributed by atoms with Gasteiger partial charge in [0.1, 0.15) is 5.75 Å².